The number of aliphatic carboxylic acids is 3. The molecule has 10 nitrogen and oxygen atoms in total. The summed E-state index contributed by atoms with van der Waals surface area (Å²) in [7, 11) is 0. The summed E-state index contributed by atoms with van der Waals surface area (Å²) >= 11 is 0. The molecular formula is C35H45GaN2O8. The van der Waals surface area contributed by atoms with E-state index in [1.54, 1.807) is 74.4 Å². The summed E-state index contributed by atoms with van der Waals surface area (Å²) in [5, 5.41) is 50.5. The van der Waals surface area contributed by atoms with Gasteiger partial charge in [-0.05, 0) is 38.1 Å². The molecule has 0 bridgehead atoms. The number of aromatic nitrogens is 2. The van der Waals surface area contributed by atoms with Crippen LogP contribution in [0.2, 0.25) is 0 Å². The van der Waals surface area contributed by atoms with Gasteiger partial charge in [0.2, 0.25) is 0 Å². The summed E-state index contributed by atoms with van der Waals surface area (Å²) < 4.78 is 0. The van der Waals surface area contributed by atoms with Crippen molar-refractivity contribution in [2.75, 3.05) is 0 Å². The number of carboxylic acids is 3. The van der Waals surface area contributed by atoms with Gasteiger partial charge in [0.25, 0.3) is 0 Å². The molecule has 2 N–H and O–H groups in total. The van der Waals surface area contributed by atoms with Gasteiger partial charge in [0.1, 0.15) is 22.5 Å². The molecule has 4 aromatic rings. The van der Waals surface area contributed by atoms with E-state index in [0.29, 0.717) is 11.0 Å². The SMILES string of the molecule is CC(C)(C)C(=O)[O-].CC(C)(C)C(=O)[O-].CC(C)(C)C(=O)[O-].Cc1ccc2cccc(O)c2n1.Cc1ccc2cccc(O)c2n1.[Ga+3]. The molecule has 0 atom stereocenters. The van der Waals surface area contributed by atoms with Crippen LogP contribution in [0, 0.1) is 30.1 Å². The Hall–Kier alpha value is -4.09. The van der Waals surface area contributed by atoms with Crippen LogP contribution in [0.1, 0.15) is 73.7 Å². The summed E-state index contributed by atoms with van der Waals surface area (Å²) in [5.74, 6) is -2.53. The van der Waals surface area contributed by atoms with Crippen molar-refractivity contribution in [3.8, 4) is 11.5 Å². The zero-order valence-electron chi connectivity index (χ0n) is 28.6. The molecule has 2 aromatic heterocycles. The fourth-order valence-corrected chi connectivity index (χ4v) is 2.46. The normalized spacial score (nSPS) is 10.6. The van der Waals surface area contributed by atoms with E-state index in [1.165, 1.54) is 0 Å². The standard InChI is InChI=1S/2C10H9NO.3C5H10O2.Ga/c2*1-7-5-6-8-3-2-4-9(12)10(8)11-7;3*1-5(2,3)4(6)7;/h2*2-6,12H,1H3;3*1-3H3,(H,6,7);/q;;;;;+3/p-3. The number of phenolic OH excluding ortho intramolecular Hbond substituents is 2. The number of aromatic hydroxyl groups is 2. The van der Waals surface area contributed by atoms with Crippen molar-refractivity contribution < 1.29 is 39.9 Å². The number of nitrogens with zero attached hydrogens (tertiary/aromatic N) is 2. The van der Waals surface area contributed by atoms with E-state index < -0.39 is 34.2 Å². The first kappa shape index (κ1) is 44.0. The predicted molar refractivity (Wildman–Crippen MR) is 175 cm³/mol. The Kier molecular flexibility index (Phi) is 18.0. The number of hydrogen-bond acceptors (Lipinski definition) is 10. The summed E-state index contributed by atoms with van der Waals surface area (Å²) in [6.07, 6.45) is 0. The number of aryl methyl sites for hydroxylation is 2. The van der Waals surface area contributed by atoms with Gasteiger partial charge in [0, 0.05) is 56.3 Å². The molecule has 0 aliphatic carbocycles. The molecule has 0 aliphatic heterocycles. The van der Waals surface area contributed by atoms with Crippen molar-refractivity contribution in [3.05, 3.63) is 72.1 Å². The van der Waals surface area contributed by atoms with Crippen molar-refractivity contribution in [2.24, 2.45) is 16.2 Å². The van der Waals surface area contributed by atoms with Gasteiger partial charge in [-0.15, -0.1) is 0 Å². The number of carbonyl (C=O) groups excluding carboxylic acids is 3. The number of phenols is 2. The van der Waals surface area contributed by atoms with Crippen LogP contribution in [0.4, 0.5) is 0 Å². The van der Waals surface area contributed by atoms with Crippen molar-refractivity contribution in [1.29, 1.82) is 0 Å². The van der Waals surface area contributed by atoms with Crippen LogP contribution in [0.15, 0.2) is 60.7 Å². The predicted octanol–water partition coefficient (Wildman–Crippen LogP) is 3.46. The molecule has 0 fully saturated rings. The van der Waals surface area contributed by atoms with Crippen LogP contribution >= 0.6 is 0 Å². The van der Waals surface area contributed by atoms with Crippen LogP contribution in [-0.2, 0) is 14.4 Å². The van der Waals surface area contributed by atoms with Crippen molar-refractivity contribution in [3.63, 3.8) is 0 Å². The zero-order valence-corrected chi connectivity index (χ0v) is 31.0. The minimum atomic E-state index is -1.01. The van der Waals surface area contributed by atoms with Crippen LogP contribution in [0.25, 0.3) is 21.8 Å². The van der Waals surface area contributed by atoms with Gasteiger partial charge in [-0.2, -0.15) is 0 Å². The second kappa shape index (κ2) is 18.8. The molecule has 0 unspecified atom stereocenters. The van der Waals surface area contributed by atoms with Crippen LogP contribution in [0.5, 0.6) is 11.5 Å². The fraction of sp³-hybridized carbons (Fsp3) is 0.400. The molecule has 0 amide bonds. The largest absolute Gasteiger partial charge is 3.00 e. The van der Waals surface area contributed by atoms with E-state index in [0.717, 1.165) is 22.2 Å². The first-order valence-electron chi connectivity index (χ1n) is 14.1. The van der Waals surface area contributed by atoms with Gasteiger partial charge >= 0.3 is 19.8 Å². The second-order valence-corrected chi connectivity index (χ2v) is 13.2. The number of fused-ring (bicyclic) bond motifs is 2. The number of para-hydroxylation sites is 2. The number of pyridine rings is 2. The van der Waals surface area contributed by atoms with Gasteiger partial charge in [0.05, 0.1) is 0 Å². The Morgan fingerprint density at radius 1 is 0.522 bits per heavy atom. The first-order chi connectivity index (χ1) is 20.4. The van der Waals surface area contributed by atoms with Crippen molar-refractivity contribution >= 4 is 59.5 Å². The topological polar surface area (TPSA) is 187 Å². The van der Waals surface area contributed by atoms with Gasteiger partial charge in [0.15, 0.2) is 0 Å². The van der Waals surface area contributed by atoms with E-state index in [-0.39, 0.29) is 31.3 Å². The van der Waals surface area contributed by atoms with Crippen LogP contribution in [0.3, 0.4) is 0 Å². The van der Waals surface area contributed by atoms with Crippen LogP contribution in [-0.4, -0.2) is 57.9 Å². The first-order valence-corrected chi connectivity index (χ1v) is 14.1. The molecule has 246 valence electrons. The number of carboxylic acid groups (broad SMARTS) is 3. The molecule has 0 saturated heterocycles. The third-order valence-corrected chi connectivity index (χ3v) is 5.51. The third kappa shape index (κ3) is 16.8. The Morgan fingerprint density at radius 2 is 0.761 bits per heavy atom. The number of rotatable bonds is 0. The number of carbonyl (C=O) groups is 3. The van der Waals surface area contributed by atoms with E-state index in [1.807, 2.05) is 62.4 Å². The van der Waals surface area contributed by atoms with Gasteiger partial charge in [-0.25, -0.2) is 9.97 Å². The maximum atomic E-state index is 9.91. The Bertz CT molecular complexity index is 1440. The Labute approximate surface area is 284 Å². The molecule has 0 radical (unpaired) electrons. The van der Waals surface area contributed by atoms with E-state index in [9.17, 15) is 39.9 Å². The summed E-state index contributed by atoms with van der Waals surface area (Å²) in [4.78, 5) is 38.2. The zero-order chi connectivity index (χ0) is 35.3. The average molecular weight is 691 g/mol. The second-order valence-electron chi connectivity index (χ2n) is 13.2. The summed E-state index contributed by atoms with van der Waals surface area (Å²) in [6, 6.07) is 18.6. The Balaban J connectivity index is 0. The summed E-state index contributed by atoms with van der Waals surface area (Å²) in [6.45, 7) is 18.2. The van der Waals surface area contributed by atoms with Crippen molar-refractivity contribution in [1.82, 2.24) is 9.97 Å². The minimum Gasteiger partial charge on any atom is -0.550 e. The molecule has 4 rings (SSSR count). The molecule has 2 aromatic carbocycles. The minimum absolute atomic E-state index is 0. The molecule has 0 aliphatic rings. The van der Waals surface area contributed by atoms with E-state index in [2.05, 4.69) is 9.97 Å². The van der Waals surface area contributed by atoms with Gasteiger partial charge in [-0.3, -0.25) is 0 Å². The average Bonchev–Trinajstić information content (AvgIpc) is 2.90. The van der Waals surface area contributed by atoms with E-state index in [4.69, 9.17) is 0 Å². The van der Waals surface area contributed by atoms with Crippen LogP contribution < -0.4 is 15.3 Å². The number of benzene rings is 2. The quantitative estimate of drug-likeness (QED) is 0.259. The smallest absolute Gasteiger partial charge is 0.550 e. The van der Waals surface area contributed by atoms with Gasteiger partial charge in [-0.1, -0.05) is 98.7 Å². The fourth-order valence-electron chi connectivity index (χ4n) is 2.46. The molecular weight excluding hydrogens is 646 g/mol. The molecule has 0 spiro atoms. The maximum Gasteiger partial charge on any atom is 3.00 e. The molecule has 11 heteroatoms. The molecule has 0 saturated carbocycles. The van der Waals surface area contributed by atoms with Gasteiger partial charge < -0.3 is 39.9 Å². The Morgan fingerprint density at radius 3 is 0.978 bits per heavy atom. The van der Waals surface area contributed by atoms with E-state index >= 15 is 0 Å². The number of hydrogen-bond donors (Lipinski definition) is 2. The van der Waals surface area contributed by atoms with Crippen molar-refractivity contribution in [2.45, 2.75) is 76.2 Å². The molecule has 2 heterocycles. The third-order valence-electron chi connectivity index (χ3n) is 5.51. The maximum absolute atomic E-state index is 9.91. The summed E-state index contributed by atoms with van der Waals surface area (Å²) in [5.41, 5.74) is 1.11. The molecule has 46 heavy (non-hydrogen) atoms. The monoisotopic (exact) mass is 690 g/mol.